The molecule has 5 heteroatoms. The minimum Gasteiger partial charge on any atom is -0.464 e. The van der Waals surface area contributed by atoms with E-state index in [2.05, 4.69) is 0 Å². The SMILES string of the molecule is CCOC(=O)[C@@]1(C)C[C@H](OCc2ccccc2)C[C@@H](OC)O1. The lowest BCUT2D eigenvalue weighted by Gasteiger charge is -2.39. The van der Waals surface area contributed by atoms with Crippen LogP contribution >= 0.6 is 0 Å². The third-order valence-corrected chi connectivity index (χ3v) is 3.76. The molecule has 1 heterocycles. The highest BCUT2D eigenvalue weighted by Crippen LogP contribution is 2.32. The summed E-state index contributed by atoms with van der Waals surface area (Å²) >= 11 is 0. The van der Waals surface area contributed by atoms with Crippen LogP contribution in [0, 0.1) is 0 Å². The number of carbonyl (C=O) groups is 1. The molecule has 122 valence electrons. The highest BCUT2D eigenvalue weighted by molar-refractivity contribution is 5.79. The van der Waals surface area contributed by atoms with E-state index in [4.69, 9.17) is 18.9 Å². The lowest BCUT2D eigenvalue weighted by molar-refractivity contribution is -0.253. The number of hydrogen-bond donors (Lipinski definition) is 0. The van der Waals surface area contributed by atoms with Crippen LogP contribution in [0.15, 0.2) is 30.3 Å². The van der Waals surface area contributed by atoms with E-state index in [9.17, 15) is 4.79 Å². The second kappa shape index (κ2) is 7.72. The molecule has 0 bridgehead atoms. The van der Waals surface area contributed by atoms with Crippen molar-refractivity contribution in [2.75, 3.05) is 13.7 Å². The molecule has 2 rings (SSSR count). The van der Waals surface area contributed by atoms with E-state index in [-0.39, 0.29) is 12.1 Å². The van der Waals surface area contributed by atoms with E-state index in [1.807, 2.05) is 30.3 Å². The van der Waals surface area contributed by atoms with Crippen molar-refractivity contribution >= 4 is 5.97 Å². The van der Waals surface area contributed by atoms with E-state index in [0.29, 0.717) is 26.1 Å². The first-order valence-electron chi connectivity index (χ1n) is 7.60. The fourth-order valence-corrected chi connectivity index (χ4v) is 2.59. The van der Waals surface area contributed by atoms with Crippen molar-refractivity contribution in [1.29, 1.82) is 0 Å². The van der Waals surface area contributed by atoms with Gasteiger partial charge in [0.2, 0.25) is 0 Å². The van der Waals surface area contributed by atoms with E-state index in [1.54, 1.807) is 21.0 Å². The van der Waals surface area contributed by atoms with E-state index < -0.39 is 11.9 Å². The highest BCUT2D eigenvalue weighted by Gasteiger charge is 2.45. The third kappa shape index (κ3) is 4.29. The quantitative estimate of drug-likeness (QED) is 0.756. The number of methoxy groups -OCH3 is 1. The molecule has 1 aromatic carbocycles. The van der Waals surface area contributed by atoms with Gasteiger partial charge in [0, 0.05) is 20.0 Å². The molecule has 0 saturated carbocycles. The van der Waals surface area contributed by atoms with Gasteiger partial charge in [-0.1, -0.05) is 30.3 Å². The van der Waals surface area contributed by atoms with Crippen LogP contribution < -0.4 is 0 Å². The summed E-state index contributed by atoms with van der Waals surface area (Å²) in [5.74, 6) is -0.370. The Hall–Kier alpha value is -1.43. The molecule has 0 aliphatic carbocycles. The summed E-state index contributed by atoms with van der Waals surface area (Å²) in [7, 11) is 1.57. The van der Waals surface area contributed by atoms with Gasteiger partial charge < -0.3 is 18.9 Å². The van der Waals surface area contributed by atoms with Gasteiger partial charge in [0.15, 0.2) is 11.9 Å². The van der Waals surface area contributed by atoms with Crippen molar-refractivity contribution in [3.63, 3.8) is 0 Å². The monoisotopic (exact) mass is 308 g/mol. The molecule has 1 aromatic rings. The molecule has 1 fully saturated rings. The fourth-order valence-electron chi connectivity index (χ4n) is 2.59. The Kier molecular flexibility index (Phi) is 5.94. The number of benzene rings is 1. The number of esters is 1. The predicted molar refractivity (Wildman–Crippen MR) is 81.2 cm³/mol. The van der Waals surface area contributed by atoms with E-state index >= 15 is 0 Å². The maximum Gasteiger partial charge on any atom is 0.338 e. The number of hydrogen-bond acceptors (Lipinski definition) is 5. The Balaban J connectivity index is 1.99. The van der Waals surface area contributed by atoms with Gasteiger partial charge in [-0.2, -0.15) is 0 Å². The number of ether oxygens (including phenoxy) is 4. The van der Waals surface area contributed by atoms with E-state index in [1.165, 1.54) is 0 Å². The van der Waals surface area contributed by atoms with Crippen molar-refractivity contribution in [3.8, 4) is 0 Å². The topological polar surface area (TPSA) is 54.0 Å². The second-order valence-corrected chi connectivity index (χ2v) is 5.59. The zero-order chi connectivity index (χ0) is 16.0. The predicted octanol–water partition coefficient (Wildman–Crippen LogP) is 2.68. The molecule has 1 aliphatic heterocycles. The summed E-state index contributed by atoms with van der Waals surface area (Å²) in [6.45, 7) is 4.34. The molecule has 22 heavy (non-hydrogen) atoms. The average molecular weight is 308 g/mol. The van der Waals surface area contributed by atoms with Crippen LogP contribution in [0.3, 0.4) is 0 Å². The normalized spacial score (nSPS) is 28.3. The Morgan fingerprint density at radius 1 is 1.36 bits per heavy atom. The van der Waals surface area contributed by atoms with Gasteiger partial charge in [0.25, 0.3) is 0 Å². The third-order valence-electron chi connectivity index (χ3n) is 3.76. The molecule has 3 atom stereocenters. The zero-order valence-corrected chi connectivity index (χ0v) is 13.4. The summed E-state index contributed by atoms with van der Waals surface area (Å²) in [5, 5.41) is 0. The first-order valence-corrected chi connectivity index (χ1v) is 7.60. The lowest BCUT2D eigenvalue weighted by Crippen LogP contribution is -2.51. The Labute approximate surface area is 131 Å². The van der Waals surface area contributed by atoms with Gasteiger partial charge in [0.05, 0.1) is 19.3 Å². The molecule has 0 spiro atoms. The van der Waals surface area contributed by atoms with Gasteiger partial charge >= 0.3 is 5.97 Å². The molecule has 5 nitrogen and oxygen atoms in total. The van der Waals surface area contributed by atoms with Crippen LogP contribution in [0.4, 0.5) is 0 Å². The van der Waals surface area contributed by atoms with E-state index in [0.717, 1.165) is 5.56 Å². The fraction of sp³-hybridized carbons (Fsp3) is 0.588. The maximum atomic E-state index is 12.1. The summed E-state index contributed by atoms with van der Waals surface area (Å²) in [6, 6.07) is 9.94. The molecule has 1 saturated heterocycles. The van der Waals surface area contributed by atoms with Crippen molar-refractivity contribution in [1.82, 2.24) is 0 Å². The second-order valence-electron chi connectivity index (χ2n) is 5.59. The molecule has 1 aliphatic rings. The Morgan fingerprint density at radius 3 is 2.73 bits per heavy atom. The van der Waals surface area contributed by atoms with Gasteiger partial charge in [-0.25, -0.2) is 4.79 Å². The summed E-state index contributed by atoms with van der Waals surface area (Å²) in [6.07, 6.45) is 0.467. The first-order chi connectivity index (χ1) is 10.6. The first kappa shape index (κ1) is 16.9. The van der Waals surface area contributed by atoms with Crippen molar-refractivity contribution in [2.24, 2.45) is 0 Å². The molecule has 0 unspecified atom stereocenters. The largest absolute Gasteiger partial charge is 0.464 e. The summed E-state index contributed by atoms with van der Waals surface area (Å²) < 4.78 is 22.1. The van der Waals surface area contributed by atoms with Crippen LogP contribution in [0.5, 0.6) is 0 Å². The lowest BCUT2D eigenvalue weighted by atomic mass is 9.93. The molecular formula is C17H24O5. The van der Waals surface area contributed by atoms with Crippen molar-refractivity contribution in [2.45, 2.75) is 51.3 Å². The molecule has 0 aromatic heterocycles. The van der Waals surface area contributed by atoms with Crippen molar-refractivity contribution in [3.05, 3.63) is 35.9 Å². The maximum absolute atomic E-state index is 12.1. The van der Waals surface area contributed by atoms with Crippen LogP contribution in [-0.4, -0.2) is 37.7 Å². The van der Waals surface area contributed by atoms with Crippen LogP contribution in [0.2, 0.25) is 0 Å². The Morgan fingerprint density at radius 2 is 2.09 bits per heavy atom. The summed E-state index contributed by atoms with van der Waals surface area (Å²) in [5.41, 5.74) is 0.0665. The standard InChI is InChI=1S/C17H24O5/c1-4-20-16(18)17(2)11-14(10-15(19-3)22-17)21-12-13-8-6-5-7-9-13/h5-9,14-15H,4,10-12H2,1-3H3/t14-,15+,17-/m1/s1. The van der Waals surface area contributed by atoms with Gasteiger partial charge in [0.1, 0.15) is 0 Å². The molecular weight excluding hydrogens is 284 g/mol. The molecule has 0 radical (unpaired) electrons. The van der Waals surface area contributed by atoms with Crippen LogP contribution in [0.25, 0.3) is 0 Å². The van der Waals surface area contributed by atoms with Crippen LogP contribution in [0.1, 0.15) is 32.3 Å². The average Bonchev–Trinajstić information content (AvgIpc) is 2.53. The smallest absolute Gasteiger partial charge is 0.338 e. The minimum atomic E-state index is -1.03. The van der Waals surface area contributed by atoms with Gasteiger partial charge in [-0.05, 0) is 19.4 Å². The molecule has 0 N–H and O–H groups in total. The minimum absolute atomic E-state index is 0.117. The summed E-state index contributed by atoms with van der Waals surface area (Å²) in [4.78, 5) is 12.1. The molecule has 0 amide bonds. The zero-order valence-electron chi connectivity index (χ0n) is 13.4. The van der Waals surface area contributed by atoms with Crippen LogP contribution in [-0.2, 0) is 30.3 Å². The number of carbonyl (C=O) groups excluding carboxylic acids is 1. The number of rotatable bonds is 6. The van der Waals surface area contributed by atoms with Gasteiger partial charge in [-0.3, -0.25) is 0 Å². The Bertz CT molecular complexity index is 475. The highest BCUT2D eigenvalue weighted by atomic mass is 16.7. The van der Waals surface area contributed by atoms with Gasteiger partial charge in [-0.15, -0.1) is 0 Å². The van der Waals surface area contributed by atoms with Crippen molar-refractivity contribution < 1.29 is 23.7 Å².